The Bertz CT molecular complexity index is 657. The van der Waals surface area contributed by atoms with Gasteiger partial charge in [-0.05, 0) is 66.1 Å². The lowest BCUT2D eigenvalue weighted by Gasteiger charge is -2.26. The molecular formula is C17H17F2NS. The van der Waals surface area contributed by atoms with E-state index in [2.05, 4.69) is 5.32 Å². The van der Waals surface area contributed by atoms with Crippen LogP contribution in [0.5, 0.6) is 0 Å². The van der Waals surface area contributed by atoms with Crippen molar-refractivity contribution in [3.8, 4) is 0 Å². The number of hydrogen-bond donors (Lipinski definition) is 1. The van der Waals surface area contributed by atoms with Gasteiger partial charge in [0.2, 0.25) is 0 Å². The summed E-state index contributed by atoms with van der Waals surface area (Å²) in [6.45, 7) is 2.57. The maximum atomic E-state index is 13.5. The maximum Gasteiger partial charge on any atom is 0.123 e. The third-order valence-corrected chi connectivity index (χ3v) is 4.98. The van der Waals surface area contributed by atoms with Gasteiger partial charge in [0.25, 0.3) is 0 Å². The van der Waals surface area contributed by atoms with Gasteiger partial charge in [-0.2, -0.15) is 0 Å². The first-order valence-electron chi connectivity index (χ1n) is 7.04. The Balaban J connectivity index is 1.78. The van der Waals surface area contributed by atoms with Crippen LogP contribution in [-0.2, 0) is 6.54 Å². The van der Waals surface area contributed by atoms with E-state index in [-0.39, 0.29) is 17.7 Å². The molecule has 1 nitrogen and oxygen atoms in total. The van der Waals surface area contributed by atoms with Gasteiger partial charge in [-0.3, -0.25) is 0 Å². The second kappa shape index (κ2) is 6.16. The Morgan fingerprint density at radius 2 is 1.90 bits per heavy atom. The Labute approximate surface area is 127 Å². The van der Waals surface area contributed by atoms with Crippen LogP contribution in [-0.4, -0.2) is 5.75 Å². The highest BCUT2D eigenvalue weighted by molar-refractivity contribution is 7.99. The molecule has 110 valence electrons. The van der Waals surface area contributed by atoms with E-state index in [0.717, 1.165) is 33.8 Å². The molecule has 0 fully saturated rings. The fraction of sp³-hybridized carbons (Fsp3) is 0.294. The van der Waals surface area contributed by atoms with E-state index in [4.69, 9.17) is 0 Å². The fourth-order valence-corrected chi connectivity index (χ4v) is 3.75. The lowest BCUT2D eigenvalue weighted by molar-refractivity contribution is 0.502. The Morgan fingerprint density at radius 1 is 1.14 bits per heavy atom. The second-order valence-corrected chi connectivity index (χ2v) is 6.46. The standard InChI is InChI=1S/C17H17F2NS/c1-11-2-3-13(18)8-12(11)10-20-16-6-7-21-17-5-4-14(19)9-15(16)17/h2-5,8-9,16,20H,6-7,10H2,1H3. The van der Waals surface area contributed by atoms with Crippen molar-refractivity contribution < 1.29 is 8.78 Å². The van der Waals surface area contributed by atoms with Gasteiger partial charge in [0, 0.05) is 17.5 Å². The molecule has 0 amide bonds. The molecule has 0 saturated heterocycles. The monoisotopic (exact) mass is 305 g/mol. The smallest absolute Gasteiger partial charge is 0.123 e. The van der Waals surface area contributed by atoms with Crippen LogP contribution in [0.3, 0.4) is 0 Å². The van der Waals surface area contributed by atoms with Gasteiger partial charge < -0.3 is 5.32 Å². The molecule has 1 atom stereocenters. The molecule has 1 heterocycles. The number of benzene rings is 2. The Hall–Kier alpha value is -1.39. The Kier molecular flexibility index (Phi) is 4.27. The van der Waals surface area contributed by atoms with Gasteiger partial charge in [0.05, 0.1) is 0 Å². The highest BCUT2D eigenvalue weighted by atomic mass is 32.2. The molecule has 0 saturated carbocycles. The zero-order valence-electron chi connectivity index (χ0n) is 11.8. The molecule has 1 N–H and O–H groups in total. The predicted molar refractivity (Wildman–Crippen MR) is 82.5 cm³/mol. The van der Waals surface area contributed by atoms with Crippen LogP contribution in [0.2, 0.25) is 0 Å². The molecule has 0 bridgehead atoms. The van der Waals surface area contributed by atoms with Crippen molar-refractivity contribution in [1.29, 1.82) is 0 Å². The molecule has 1 unspecified atom stereocenters. The average molecular weight is 305 g/mol. The summed E-state index contributed by atoms with van der Waals surface area (Å²) in [7, 11) is 0. The van der Waals surface area contributed by atoms with Crippen LogP contribution in [0.15, 0.2) is 41.3 Å². The summed E-state index contributed by atoms with van der Waals surface area (Å²) in [5, 5.41) is 3.44. The Morgan fingerprint density at radius 3 is 2.76 bits per heavy atom. The zero-order valence-corrected chi connectivity index (χ0v) is 12.6. The molecular weight excluding hydrogens is 288 g/mol. The first kappa shape index (κ1) is 14.5. The van der Waals surface area contributed by atoms with Crippen molar-refractivity contribution >= 4 is 11.8 Å². The summed E-state index contributed by atoms with van der Waals surface area (Å²) in [5.41, 5.74) is 3.03. The minimum Gasteiger partial charge on any atom is -0.306 e. The van der Waals surface area contributed by atoms with E-state index in [1.807, 2.05) is 13.0 Å². The third-order valence-electron chi connectivity index (χ3n) is 3.86. The number of hydrogen-bond acceptors (Lipinski definition) is 2. The second-order valence-electron chi connectivity index (χ2n) is 5.32. The molecule has 0 radical (unpaired) electrons. The van der Waals surface area contributed by atoms with Gasteiger partial charge in [0.1, 0.15) is 11.6 Å². The van der Waals surface area contributed by atoms with E-state index in [1.165, 1.54) is 12.1 Å². The highest BCUT2D eigenvalue weighted by Crippen LogP contribution is 2.36. The van der Waals surface area contributed by atoms with Gasteiger partial charge >= 0.3 is 0 Å². The van der Waals surface area contributed by atoms with Crippen molar-refractivity contribution in [3.05, 3.63) is 64.7 Å². The van der Waals surface area contributed by atoms with E-state index >= 15 is 0 Å². The van der Waals surface area contributed by atoms with Crippen molar-refractivity contribution in [1.82, 2.24) is 5.32 Å². The van der Waals surface area contributed by atoms with Crippen molar-refractivity contribution in [2.24, 2.45) is 0 Å². The van der Waals surface area contributed by atoms with Gasteiger partial charge in [-0.25, -0.2) is 8.78 Å². The van der Waals surface area contributed by atoms with E-state index in [1.54, 1.807) is 30.0 Å². The summed E-state index contributed by atoms with van der Waals surface area (Å²) in [6.07, 6.45) is 0.954. The number of nitrogens with one attached hydrogen (secondary N) is 1. The molecule has 4 heteroatoms. The fourth-order valence-electron chi connectivity index (χ4n) is 2.64. The van der Waals surface area contributed by atoms with Crippen LogP contribution >= 0.6 is 11.8 Å². The van der Waals surface area contributed by atoms with Crippen molar-refractivity contribution in [2.45, 2.75) is 30.8 Å². The largest absolute Gasteiger partial charge is 0.306 e. The molecule has 1 aliphatic rings. The van der Waals surface area contributed by atoms with Crippen LogP contribution in [0.25, 0.3) is 0 Å². The number of halogens is 2. The lowest BCUT2D eigenvalue weighted by atomic mass is 10.0. The van der Waals surface area contributed by atoms with Crippen molar-refractivity contribution in [3.63, 3.8) is 0 Å². The van der Waals surface area contributed by atoms with Gasteiger partial charge in [-0.15, -0.1) is 11.8 Å². The molecule has 2 aromatic carbocycles. The van der Waals surface area contributed by atoms with E-state index in [0.29, 0.717) is 6.54 Å². The number of rotatable bonds is 3. The molecule has 3 rings (SSSR count). The highest BCUT2D eigenvalue weighted by Gasteiger charge is 2.21. The minimum absolute atomic E-state index is 0.125. The van der Waals surface area contributed by atoms with Crippen LogP contribution in [0, 0.1) is 18.6 Å². The topological polar surface area (TPSA) is 12.0 Å². The van der Waals surface area contributed by atoms with Gasteiger partial charge in [-0.1, -0.05) is 6.07 Å². The van der Waals surface area contributed by atoms with Gasteiger partial charge in [0.15, 0.2) is 0 Å². The quantitative estimate of drug-likeness (QED) is 0.889. The maximum absolute atomic E-state index is 13.5. The first-order valence-corrected chi connectivity index (χ1v) is 8.03. The minimum atomic E-state index is -0.219. The summed E-state index contributed by atoms with van der Waals surface area (Å²) >= 11 is 1.76. The molecule has 21 heavy (non-hydrogen) atoms. The number of aryl methyl sites for hydroxylation is 1. The van der Waals surface area contributed by atoms with E-state index in [9.17, 15) is 8.78 Å². The van der Waals surface area contributed by atoms with Crippen LogP contribution in [0.1, 0.15) is 29.2 Å². The molecule has 0 aliphatic carbocycles. The normalized spacial score (nSPS) is 17.6. The lowest BCUT2D eigenvalue weighted by Crippen LogP contribution is -2.24. The van der Waals surface area contributed by atoms with Crippen LogP contribution < -0.4 is 5.32 Å². The molecule has 1 aliphatic heterocycles. The summed E-state index contributed by atoms with van der Waals surface area (Å²) in [4.78, 5) is 1.14. The van der Waals surface area contributed by atoms with E-state index < -0.39 is 0 Å². The summed E-state index contributed by atoms with van der Waals surface area (Å²) < 4.78 is 26.8. The SMILES string of the molecule is Cc1ccc(F)cc1CNC1CCSc2ccc(F)cc21. The molecule has 2 aromatic rings. The molecule has 0 spiro atoms. The van der Waals surface area contributed by atoms with Crippen LogP contribution in [0.4, 0.5) is 8.78 Å². The average Bonchev–Trinajstić information content (AvgIpc) is 2.48. The molecule has 0 aromatic heterocycles. The van der Waals surface area contributed by atoms with Crippen molar-refractivity contribution in [2.75, 3.05) is 5.75 Å². The number of thioether (sulfide) groups is 1. The number of fused-ring (bicyclic) bond motifs is 1. The summed E-state index contributed by atoms with van der Waals surface area (Å²) in [5.74, 6) is 0.589. The zero-order chi connectivity index (χ0) is 14.8. The third kappa shape index (κ3) is 3.27. The predicted octanol–water partition coefficient (Wildman–Crippen LogP) is 4.60. The first-order chi connectivity index (χ1) is 10.1. The summed E-state index contributed by atoms with van der Waals surface area (Å²) in [6, 6.07) is 9.91.